The number of carboxylic acids is 1. The normalized spacial score (nSPS) is 14.1. The van der Waals surface area contributed by atoms with Gasteiger partial charge in [0.2, 0.25) is 0 Å². The van der Waals surface area contributed by atoms with Gasteiger partial charge in [0.15, 0.2) is 12.4 Å². The van der Waals surface area contributed by atoms with E-state index < -0.39 is 12.6 Å². The lowest BCUT2D eigenvalue weighted by atomic mass is 9.98. The van der Waals surface area contributed by atoms with Gasteiger partial charge in [-0.25, -0.2) is 9.78 Å². The third-order valence-electron chi connectivity index (χ3n) is 7.54. The topological polar surface area (TPSA) is 151 Å². The lowest BCUT2D eigenvalue weighted by Crippen LogP contribution is -2.40. The van der Waals surface area contributed by atoms with Crippen molar-refractivity contribution in [2.24, 2.45) is 5.73 Å². The molecule has 1 aliphatic rings. The fraction of sp³-hybridized carbons (Fsp3) is 0.355. The molecular weight excluding hydrogens is 520 g/mol. The maximum Gasteiger partial charge on any atom is 0.341 e. The van der Waals surface area contributed by atoms with E-state index in [1.54, 1.807) is 13.0 Å². The van der Waals surface area contributed by atoms with Crippen LogP contribution in [0.2, 0.25) is 0 Å². The molecule has 0 unspecified atom stereocenters. The number of imidazole rings is 1. The van der Waals surface area contributed by atoms with Crippen LogP contribution in [0.1, 0.15) is 56.5 Å². The Kier molecular flexibility index (Phi) is 7.83. The summed E-state index contributed by atoms with van der Waals surface area (Å²) in [6, 6.07) is 15.5. The quantitative estimate of drug-likeness (QED) is 0.168. The van der Waals surface area contributed by atoms with Crippen molar-refractivity contribution in [3.63, 3.8) is 0 Å². The number of fused-ring (bicyclic) bond motifs is 2. The van der Waals surface area contributed by atoms with Gasteiger partial charge in [0.05, 0.1) is 11.4 Å². The Morgan fingerprint density at radius 2 is 1.83 bits per heavy atom. The maximum atomic E-state index is 11.4. The predicted molar refractivity (Wildman–Crippen MR) is 160 cm³/mol. The van der Waals surface area contributed by atoms with Crippen LogP contribution in [0.15, 0.2) is 48.5 Å². The number of hydrogen-bond donors (Lipinski definition) is 4. The van der Waals surface area contributed by atoms with Crippen LogP contribution < -0.4 is 15.2 Å². The van der Waals surface area contributed by atoms with E-state index in [2.05, 4.69) is 18.4 Å². The highest BCUT2D eigenvalue weighted by Crippen LogP contribution is 2.36. The summed E-state index contributed by atoms with van der Waals surface area (Å²) < 4.78 is 14.3. The molecule has 0 aliphatic carbocycles. The molecule has 1 aliphatic heterocycles. The molecule has 0 bridgehead atoms. The molecule has 5 rings (SSSR count). The van der Waals surface area contributed by atoms with Gasteiger partial charge < -0.3 is 29.8 Å². The number of nitrogens with zero attached hydrogens (tertiary/aromatic N) is 3. The number of nitrogens with two attached hydrogens (primary N) is 1. The minimum atomic E-state index is -1.07. The van der Waals surface area contributed by atoms with Crippen LogP contribution in [-0.4, -0.2) is 63.0 Å². The second-order valence-electron chi connectivity index (χ2n) is 10.8. The van der Waals surface area contributed by atoms with E-state index in [0.29, 0.717) is 35.0 Å². The summed E-state index contributed by atoms with van der Waals surface area (Å²) in [5, 5.41) is 27.2. The number of amidine groups is 2. The number of likely N-dealkylation sites (tertiary alicyclic amines) is 1. The Morgan fingerprint density at radius 3 is 2.46 bits per heavy atom. The van der Waals surface area contributed by atoms with Crippen molar-refractivity contribution in [2.75, 3.05) is 19.7 Å². The van der Waals surface area contributed by atoms with Crippen molar-refractivity contribution in [2.45, 2.75) is 52.2 Å². The molecule has 5 N–H and O–H groups in total. The summed E-state index contributed by atoms with van der Waals surface area (Å²) in [6.07, 6.45) is 1.54. The van der Waals surface area contributed by atoms with Crippen molar-refractivity contribution >= 4 is 39.4 Å². The Labute approximate surface area is 238 Å². The van der Waals surface area contributed by atoms with Crippen LogP contribution in [-0.2, 0) is 11.3 Å². The van der Waals surface area contributed by atoms with Crippen molar-refractivity contribution in [1.82, 2.24) is 14.5 Å². The number of carbonyl (C=O) groups is 1. The van der Waals surface area contributed by atoms with Crippen molar-refractivity contribution in [3.8, 4) is 11.5 Å². The van der Waals surface area contributed by atoms with Gasteiger partial charge in [-0.2, -0.15) is 0 Å². The zero-order chi connectivity index (χ0) is 29.3. The number of nitrogen functional groups attached to an aromatic ring is 1. The van der Waals surface area contributed by atoms with Gasteiger partial charge in [0, 0.05) is 56.1 Å². The Hall–Kier alpha value is -4.60. The summed E-state index contributed by atoms with van der Waals surface area (Å²) in [5.41, 5.74) is 8.98. The average Bonchev–Trinajstić information content (AvgIpc) is 3.30. The number of benzene rings is 3. The summed E-state index contributed by atoms with van der Waals surface area (Å²) >= 11 is 0. The van der Waals surface area contributed by atoms with Gasteiger partial charge in [-0.1, -0.05) is 50.2 Å². The molecule has 3 aromatic carbocycles. The highest BCUT2D eigenvalue weighted by atomic mass is 16.5. The molecule has 1 fully saturated rings. The lowest BCUT2D eigenvalue weighted by Gasteiger charge is -2.32. The van der Waals surface area contributed by atoms with Crippen LogP contribution in [0.3, 0.4) is 0 Å². The molecule has 41 heavy (non-hydrogen) atoms. The molecular formula is C31H36N6O4. The third kappa shape index (κ3) is 5.82. The summed E-state index contributed by atoms with van der Waals surface area (Å²) in [4.78, 5) is 18.4. The molecule has 0 atom stereocenters. The number of aromatic nitrogens is 2. The fourth-order valence-electron chi connectivity index (χ4n) is 5.52. The van der Waals surface area contributed by atoms with Crippen LogP contribution in [0, 0.1) is 10.8 Å². The van der Waals surface area contributed by atoms with Gasteiger partial charge in [0.25, 0.3) is 0 Å². The molecule has 214 valence electrons. The smallest absolute Gasteiger partial charge is 0.341 e. The molecule has 1 aromatic heterocycles. The highest BCUT2D eigenvalue weighted by Gasteiger charge is 2.24. The van der Waals surface area contributed by atoms with E-state index >= 15 is 0 Å². The first-order valence-corrected chi connectivity index (χ1v) is 13.8. The number of aliphatic carboxylic acids is 1. The number of carboxylic acid groups (broad SMARTS) is 1. The molecule has 0 radical (unpaired) electrons. The molecule has 1 saturated heterocycles. The van der Waals surface area contributed by atoms with Crippen molar-refractivity contribution in [1.29, 1.82) is 10.8 Å². The van der Waals surface area contributed by atoms with Crippen LogP contribution in [0.4, 0.5) is 0 Å². The van der Waals surface area contributed by atoms with Crippen molar-refractivity contribution in [3.05, 3.63) is 65.5 Å². The minimum Gasteiger partial charge on any atom is -0.490 e. The number of piperidine rings is 1. The Balaban J connectivity index is 1.59. The maximum absolute atomic E-state index is 11.4. The number of rotatable bonds is 9. The largest absolute Gasteiger partial charge is 0.490 e. The molecule has 0 spiro atoms. The second-order valence-corrected chi connectivity index (χ2v) is 10.8. The van der Waals surface area contributed by atoms with Crippen LogP contribution in [0.25, 0.3) is 21.8 Å². The SMILES string of the molecule is CC(=N)N1CCC(Oc2cc(OCC(=O)O)c3nc(C(C)C)n(Cc4ccc(C(=N)N)c5ccccc45)c3c2)CC1. The first-order valence-electron chi connectivity index (χ1n) is 13.8. The summed E-state index contributed by atoms with van der Waals surface area (Å²) in [5.74, 6) is 1.39. The zero-order valence-corrected chi connectivity index (χ0v) is 23.6. The molecule has 4 aromatic rings. The first kappa shape index (κ1) is 27.9. The van der Waals surface area contributed by atoms with E-state index in [1.165, 1.54) is 0 Å². The van der Waals surface area contributed by atoms with E-state index in [0.717, 1.165) is 53.6 Å². The molecule has 0 saturated carbocycles. The Morgan fingerprint density at radius 1 is 1.12 bits per heavy atom. The van der Waals surface area contributed by atoms with Gasteiger partial charge >= 0.3 is 5.97 Å². The monoisotopic (exact) mass is 556 g/mol. The highest BCUT2D eigenvalue weighted by molar-refractivity contribution is 6.08. The van der Waals surface area contributed by atoms with E-state index in [4.69, 9.17) is 31.0 Å². The molecule has 2 heterocycles. The average molecular weight is 557 g/mol. The lowest BCUT2D eigenvalue weighted by molar-refractivity contribution is -0.139. The number of ether oxygens (including phenoxy) is 2. The summed E-state index contributed by atoms with van der Waals surface area (Å²) in [6.45, 7) is 7.46. The minimum absolute atomic E-state index is 0.0207. The molecule has 0 amide bonds. The van der Waals surface area contributed by atoms with Crippen LogP contribution in [0.5, 0.6) is 11.5 Å². The van der Waals surface area contributed by atoms with Gasteiger partial charge in [-0.05, 0) is 23.3 Å². The first-order chi connectivity index (χ1) is 19.6. The fourth-order valence-corrected chi connectivity index (χ4v) is 5.52. The van der Waals surface area contributed by atoms with E-state index in [9.17, 15) is 9.90 Å². The molecule has 10 heteroatoms. The third-order valence-corrected chi connectivity index (χ3v) is 7.54. The number of nitrogens with one attached hydrogen (secondary N) is 2. The second kappa shape index (κ2) is 11.5. The Bertz CT molecular complexity index is 1630. The van der Waals surface area contributed by atoms with Gasteiger partial charge in [-0.15, -0.1) is 0 Å². The van der Waals surface area contributed by atoms with Gasteiger partial charge in [-0.3, -0.25) is 10.8 Å². The van der Waals surface area contributed by atoms with E-state index in [-0.39, 0.29) is 17.9 Å². The van der Waals surface area contributed by atoms with E-state index in [1.807, 2.05) is 47.4 Å². The zero-order valence-electron chi connectivity index (χ0n) is 23.6. The summed E-state index contributed by atoms with van der Waals surface area (Å²) in [7, 11) is 0. The van der Waals surface area contributed by atoms with Crippen LogP contribution >= 0.6 is 0 Å². The number of hydrogen-bond acceptors (Lipinski definition) is 6. The van der Waals surface area contributed by atoms with Gasteiger partial charge in [0.1, 0.15) is 29.0 Å². The molecule has 10 nitrogen and oxygen atoms in total. The predicted octanol–water partition coefficient (Wildman–Crippen LogP) is 4.95. The standard InChI is InChI=1S/C31H36N6O4/c1-18(2)31-35-29-26(37(31)16-20-8-9-25(30(33)34)24-7-5-4-6-23(20)24)14-22(15-27(29)40-17-28(38)39)41-21-10-12-36(13-11-21)19(3)32/h4-9,14-15,18,21,32H,10-13,16-17H2,1-3H3,(H3,33,34)(H,38,39). The van der Waals surface area contributed by atoms with Crippen molar-refractivity contribution < 1.29 is 19.4 Å².